The Morgan fingerprint density at radius 3 is 2.40 bits per heavy atom. The zero-order valence-corrected chi connectivity index (χ0v) is 7.57. The van der Waals surface area contributed by atoms with Crippen molar-refractivity contribution in [2.24, 2.45) is 11.8 Å². The molecule has 1 aliphatic rings. The molecular weight excluding hydrogens is 122 g/mol. The molecule has 3 atom stereocenters. The molecule has 1 nitrogen and oxygen atoms in total. The fraction of sp³-hybridized carbons (Fsp3) is 1.00. The fourth-order valence-corrected chi connectivity index (χ4v) is 2.14. The Labute approximate surface area is 64.2 Å². The van der Waals surface area contributed by atoms with Crippen LogP contribution in [0.15, 0.2) is 0 Å². The van der Waals surface area contributed by atoms with Crippen LogP contribution in [0.4, 0.5) is 0 Å². The minimum atomic E-state index is 0.453. The maximum absolute atomic E-state index is 3.54. The maximum atomic E-state index is 3.54. The normalized spacial score (nSPS) is 46.8. The van der Waals surface area contributed by atoms with E-state index < -0.39 is 0 Å². The van der Waals surface area contributed by atoms with E-state index in [2.05, 4.69) is 33.0 Å². The molecule has 3 unspecified atom stereocenters. The van der Waals surface area contributed by atoms with Crippen LogP contribution in [-0.2, 0) is 0 Å². The minimum Gasteiger partial charge on any atom is -0.312 e. The second kappa shape index (κ2) is 2.54. The highest BCUT2D eigenvalue weighted by Gasteiger charge is 2.44. The van der Waals surface area contributed by atoms with E-state index in [0.29, 0.717) is 5.54 Å². The number of hydrogen-bond donors (Lipinski definition) is 1. The van der Waals surface area contributed by atoms with Crippen LogP contribution in [-0.4, -0.2) is 12.1 Å². The van der Waals surface area contributed by atoms with Gasteiger partial charge < -0.3 is 5.32 Å². The molecule has 0 aliphatic heterocycles. The van der Waals surface area contributed by atoms with Gasteiger partial charge in [-0.25, -0.2) is 0 Å². The summed E-state index contributed by atoms with van der Waals surface area (Å²) < 4.78 is 0. The molecule has 0 spiro atoms. The van der Waals surface area contributed by atoms with Crippen LogP contribution in [0.1, 0.15) is 34.1 Å². The number of nitrogens with one attached hydrogen (secondary N) is 1. The summed E-state index contributed by atoms with van der Waals surface area (Å²) >= 11 is 0. The molecule has 0 radical (unpaired) electrons. The molecule has 1 rings (SSSR count). The number of hydrogen-bond acceptors (Lipinski definition) is 1. The van der Waals surface area contributed by atoms with E-state index in [1.165, 1.54) is 6.42 Å². The molecule has 0 aromatic heterocycles. The van der Waals surface area contributed by atoms with Gasteiger partial charge in [0.15, 0.2) is 0 Å². The van der Waals surface area contributed by atoms with E-state index >= 15 is 0 Å². The van der Waals surface area contributed by atoms with Gasteiger partial charge in [0.05, 0.1) is 0 Å². The fourth-order valence-electron chi connectivity index (χ4n) is 2.14. The molecule has 0 amide bonds. The van der Waals surface area contributed by atoms with Gasteiger partial charge in [-0.05, 0) is 31.7 Å². The summed E-state index contributed by atoms with van der Waals surface area (Å²) in [6, 6.07) is 0. The lowest BCUT2D eigenvalue weighted by molar-refractivity contribution is 0.0466. The Hall–Kier alpha value is -0.0400. The Kier molecular flexibility index (Phi) is 2.04. The lowest BCUT2D eigenvalue weighted by Crippen LogP contribution is -2.59. The van der Waals surface area contributed by atoms with Crippen LogP contribution in [0.2, 0.25) is 0 Å². The molecule has 1 aliphatic carbocycles. The molecule has 60 valence electrons. The van der Waals surface area contributed by atoms with E-state index in [-0.39, 0.29) is 0 Å². The summed E-state index contributed by atoms with van der Waals surface area (Å²) in [6.45, 7) is 10.3. The number of rotatable bonds is 2. The first-order chi connectivity index (χ1) is 4.60. The molecule has 1 N–H and O–H groups in total. The van der Waals surface area contributed by atoms with Crippen LogP contribution < -0.4 is 5.32 Å². The third-order valence-electron chi connectivity index (χ3n) is 3.19. The summed E-state index contributed by atoms with van der Waals surface area (Å²) in [6.07, 6.45) is 1.35. The smallest absolute Gasteiger partial charge is 0.0183 e. The average Bonchev–Trinajstić information content (AvgIpc) is 1.88. The minimum absolute atomic E-state index is 0.453. The second-order valence-electron chi connectivity index (χ2n) is 3.92. The summed E-state index contributed by atoms with van der Waals surface area (Å²) in [5.74, 6) is 1.77. The Bertz CT molecular complexity index is 118. The van der Waals surface area contributed by atoms with Gasteiger partial charge in [-0.1, -0.05) is 20.8 Å². The largest absolute Gasteiger partial charge is 0.312 e. The molecule has 1 fully saturated rings. The standard InChI is InChI=1S/C9H19N/c1-5-10-9(4)6-7(2)8(9)3/h7-8,10H,5-6H2,1-4H3. The van der Waals surface area contributed by atoms with E-state index in [1.54, 1.807) is 0 Å². The molecule has 0 aromatic carbocycles. The van der Waals surface area contributed by atoms with Crippen molar-refractivity contribution in [3.8, 4) is 0 Å². The highest BCUT2D eigenvalue weighted by atomic mass is 15.0. The third-order valence-corrected chi connectivity index (χ3v) is 3.19. The van der Waals surface area contributed by atoms with E-state index in [1.807, 2.05) is 0 Å². The summed E-state index contributed by atoms with van der Waals surface area (Å²) in [5.41, 5.74) is 0.453. The Morgan fingerprint density at radius 2 is 2.10 bits per heavy atom. The highest BCUT2D eigenvalue weighted by Crippen LogP contribution is 2.42. The van der Waals surface area contributed by atoms with Gasteiger partial charge in [0, 0.05) is 5.54 Å². The Morgan fingerprint density at radius 1 is 1.50 bits per heavy atom. The molecule has 1 heteroatoms. The molecule has 10 heavy (non-hydrogen) atoms. The monoisotopic (exact) mass is 141 g/mol. The lowest BCUT2D eigenvalue weighted by atomic mass is 9.61. The predicted octanol–water partition coefficient (Wildman–Crippen LogP) is 2.03. The average molecular weight is 141 g/mol. The Balaban J connectivity index is 2.41. The van der Waals surface area contributed by atoms with Crippen molar-refractivity contribution < 1.29 is 0 Å². The first-order valence-electron chi connectivity index (χ1n) is 4.35. The van der Waals surface area contributed by atoms with Gasteiger partial charge in [-0.3, -0.25) is 0 Å². The predicted molar refractivity (Wildman–Crippen MR) is 45.0 cm³/mol. The van der Waals surface area contributed by atoms with Gasteiger partial charge in [-0.2, -0.15) is 0 Å². The lowest BCUT2D eigenvalue weighted by Gasteiger charge is -2.51. The van der Waals surface area contributed by atoms with Gasteiger partial charge >= 0.3 is 0 Å². The van der Waals surface area contributed by atoms with Crippen molar-refractivity contribution in [1.29, 1.82) is 0 Å². The molecule has 0 saturated heterocycles. The van der Waals surface area contributed by atoms with Crippen LogP contribution in [0.5, 0.6) is 0 Å². The van der Waals surface area contributed by atoms with Crippen LogP contribution in [0, 0.1) is 11.8 Å². The van der Waals surface area contributed by atoms with Crippen LogP contribution in [0.25, 0.3) is 0 Å². The van der Waals surface area contributed by atoms with Crippen molar-refractivity contribution in [2.45, 2.75) is 39.7 Å². The van der Waals surface area contributed by atoms with Crippen LogP contribution in [0.3, 0.4) is 0 Å². The zero-order chi connectivity index (χ0) is 7.78. The van der Waals surface area contributed by atoms with Gasteiger partial charge in [0.25, 0.3) is 0 Å². The van der Waals surface area contributed by atoms with Gasteiger partial charge in [-0.15, -0.1) is 0 Å². The topological polar surface area (TPSA) is 12.0 Å². The van der Waals surface area contributed by atoms with E-state index in [0.717, 1.165) is 18.4 Å². The van der Waals surface area contributed by atoms with E-state index in [9.17, 15) is 0 Å². The van der Waals surface area contributed by atoms with Crippen molar-refractivity contribution in [3.05, 3.63) is 0 Å². The SMILES string of the molecule is CCNC1(C)CC(C)C1C. The molecular formula is C9H19N. The van der Waals surface area contributed by atoms with Crippen molar-refractivity contribution >= 4 is 0 Å². The highest BCUT2D eigenvalue weighted by molar-refractivity contribution is 5.00. The van der Waals surface area contributed by atoms with Gasteiger partial charge in [0.1, 0.15) is 0 Å². The third kappa shape index (κ3) is 1.07. The molecule has 0 heterocycles. The zero-order valence-electron chi connectivity index (χ0n) is 7.57. The van der Waals surface area contributed by atoms with Crippen LogP contribution >= 0.6 is 0 Å². The van der Waals surface area contributed by atoms with Crippen molar-refractivity contribution in [1.82, 2.24) is 5.32 Å². The molecule has 1 saturated carbocycles. The summed E-state index contributed by atoms with van der Waals surface area (Å²) in [5, 5.41) is 3.54. The van der Waals surface area contributed by atoms with Crippen molar-refractivity contribution in [3.63, 3.8) is 0 Å². The summed E-state index contributed by atoms with van der Waals surface area (Å²) in [7, 11) is 0. The first kappa shape index (κ1) is 8.06. The molecule has 0 bridgehead atoms. The quantitative estimate of drug-likeness (QED) is 0.620. The summed E-state index contributed by atoms with van der Waals surface area (Å²) in [4.78, 5) is 0. The first-order valence-corrected chi connectivity index (χ1v) is 4.35. The maximum Gasteiger partial charge on any atom is 0.0183 e. The molecule has 0 aromatic rings. The van der Waals surface area contributed by atoms with Crippen molar-refractivity contribution in [2.75, 3.05) is 6.54 Å². The second-order valence-corrected chi connectivity index (χ2v) is 3.92. The van der Waals surface area contributed by atoms with Gasteiger partial charge in [0.2, 0.25) is 0 Å². The van der Waals surface area contributed by atoms with E-state index in [4.69, 9.17) is 0 Å².